The number of hydroxylamine groups is 1. The Labute approximate surface area is 93.0 Å². The first-order valence-electron chi connectivity index (χ1n) is 4.57. The summed E-state index contributed by atoms with van der Waals surface area (Å²) in [6, 6.07) is 0. The van der Waals surface area contributed by atoms with Gasteiger partial charge in [-0.25, -0.2) is 9.82 Å². The van der Waals surface area contributed by atoms with Crippen LogP contribution >= 0.6 is 11.3 Å². The number of nitrogens with one attached hydrogen (secondary N) is 1. The van der Waals surface area contributed by atoms with Gasteiger partial charge in [-0.3, -0.25) is 4.79 Å². The van der Waals surface area contributed by atoms with Crippen molar-refractivity contribution in [3.8, 4) is 0 Å². The van der Waals surface area contributed by atoms with Crippen LogP contribution in [0, 0.1) is 0 Å². The van der Waals surface area contributed by atoms with Crippen LogP contribution in [0.2, 0.25) is 0 Å². The molecule has 0 aliphatic rings. The summed E-state index contributed by atoms with van der Waals surface area (Å²) >= 11 is 1.52. The molecule has 0 unspecified atom stereocenters. The quantitative estimate of drug-likeness (QED) is 0.611. The number of amides is 1. The molecule has 1 amide bonds. The minimum absolute atomic E-state index is 0.406. The van der Waals surface area contributed by atoms with Gasteiger partial charge in [0.25, 0.3) is 0 Å². The molecule has 0 aliphatic heterocycles. The van der Waals surface area contributed by atoms with Crippen LogP contribution in [0.3, 0.4) is 0 Å². The van der Waals surface area contributed by atoms with E-state index in [0.717, 1.165) is 10.2 Å². The third-order valence-electron chi connectivity index (χ3n) is 1.34. The maximum Gasteiger partial charge on any atom is 0.249 e. The van der Waals surface area contributed by atoms with Crippen molar-refractivity contribution in [3.05, 3.63) is 16.6 Å². The van der Waals surface area contributed by atoms with Gasteiger partial charge in [0.05, 0.1) is 12.1 Å². The van der Waals surface area contributed by atoms with Crippen molar-refractivity contribution in [3.63, 3.8) is 0 Å². The van der Waals surface area contributed by atoms with E-state index >= 15 is 0 Å². The molecule has 1 aromatic rings. The average molecular weight is 229 g/mol. The Hall–Kier alpha value is -0.980. The second-order valence-electron chi connectivity index (χ2n) is 3.90. The van der Waals surface area contributed by atoms with Gasteiger partial charge in [-0.05, 0) is 20.8 Å². The smallest absolute Gasteiger partial charge is 0.249 e. The molecule has 0 aliphatic carbocycles. The molecule has 0 atom stereocenters. The maximum atomic E-state index is 10.7. The molecule has 0 bridgehead atoms. The van der Waals surface area contributed by atoms with E-state index in [2.05, 4.69) is 10.4 Å². The topological polar surface area (TPSA) is 54.5 Å². The molecular formula is C9H15N3O2S. The molecule has 84 valence electrons. The van der Waals surface area contributed by atoms with Crippen LogP contribution < -0.4 is 5.43 Å². The lowest BCUT2D eigenvalue weighted by Crippen LogP contribution is -2.42. The lowest BCUT2D eigenvalue weighted by atomic mass is 10.2. The molecule has 0 saturated carbocycles. The van der Waals surface area contributed by atoms with Crippen LogP contribution in [0.4, 0.5) is 0 Å². The van der Waals surface area contributed by atoms with E-state index in [-0.39, 0.29) is 0 Å². The maximum absolute atomic E-state index is 10.7. The minimum Gasteiger partial charge on any atom is -0.275 e. The van der Waals surface area contributed by atoms with E-state index in [4.69, 9.17) is 4.84 Å². The predicted octanol–water partition coefficient (Wildman–Crippen LogP) is 1.34. The molecule has 0 spiro atoms. The Kier molecular flexibility index (Phi) is 4.19. The first-order chi connectivity index (χ1) is 7.01. The Morgan fingerprint density at radius 1 is 1.67 bits per heavy atom. The molecule has 6 heteroatoms. The van der Waals surface area contributed by atoms with E-state index in [1.807, 2.05) is 26.2 Å². The van der Waals surface area contributed by atoms with Gasteiger partial charge in [0.1, 0.15) is 5.01 Å². The molecule has 0 fully saturated rings. The first-order valence-corrected chi connectivity index (χ1v) is 5.45. The molecule has 0 saturated heterocycles. The molecule has 1 N–H and O–H groups in total. The summed E-state index contributed by atoms with van der Waals surface area (Å²) < 4.78 is 0. The molecule has 1 aromatic heterocycles. The van der Waals surface area contributed by atoms with E-state index < -0.39 is 5.60 Å². The number of aromatic nitrogens is 1. The van der Waals surface area contributed by atoms with Gasteiger partial charge >= 0.3 is 0 Å². The highest BCUT2D eigenvalue weighted by Crippen LogP contribution is 2.08. The fourth-order valence-corrected chi connectivity index (χ4v) is 1.42. The largest absolute Gasteiger partial charge is 0.275 e. The number of rotatable bonds is 5. The lowest BCUT2D eigenvalue weighted by molar-refractivity contribution is -0.239. The highest BCUT2D eigenvalue weighted by molar-refractivity contribution is 7.09. The molecular weight excluding hydrogens is 214 g/mol. The number of hydrogen-bond donors (Lipinski definition) is 1. The first kappa shape index (κ1) is 12.1. The lowest BCUT2D eigenvalue weighted by Gasteiger charge is -2.26. The van der Waals surface area contributed by atoms with Crippen molar-refractivity contribution < 1.29 is 9.63 Å². The van der Waals surface area contributed by atoms with Crippen LogP contribution in [0.15, 0.2) is 11.6 Å². The van der Waals surface area contributed by atoms with Gasteiger partial charge in [0.15, 0.2) is 0 Å². The fourth-order valence-electron chi connectivity index (χ4n) is 0.872. The number of thiazole rings is 1. The second-order valence-corrected chi connectivity index (χ2v) is 4.87. The van der Waals surface area contributed by atoms with E-state index in [1.54, 1.807) is 6.20 Å². The minimum atomic E-state index is -0.406. The summed E-state index contributed by atoms with van der Waals surface area (Å²) in [5, 5.41) is 3.85. The Balaban J connectivity index is 2.38. The van der Waals surface area contributed by atoms with Crippen molar-refractivity contribution >= 4 is 17.7 Å². The monoisotopic (exact) mass is 229 g/mol. The highest BCUT2D eigenvalue weighted by atomic mass is 32.1. The molecule has 0 radical (unpaired) electrons. The van der Waals surface area contributed by atoms with E-state index in [0.29, 0.717) is 13.0 Å². The summed E-state index contributed by atoms with van der Waals surface area (Å²) in [5.74, 6) is 0. The van der Waals surface area contributed by atoms with Crippen molar-refractivity contribution in [2.24, 2.45) is 0 Å². The van der Waals surface area contributed by atoms with Crippen molar-refractivity contribution in [1.82, 2.24) is 15.6 Å². The SMILES string of the molecule is CC(C)(C)ON(C=O)NCc1nccs1. The van der Waals surface area contributed by atoms with Crippen LogP contribution in [0.25, 0.3) is 0 Å². The standard InChI is InChI=1S/C9H15N3O2S/c1-9(2,3)14-12(7-13)11-6-8-10-4-5-15-8/h4-5,7,11H,6H2,1-3H3. The number of hydrogen-bond acceptors (Lipinski definition) is 5. The zero-order valence-corrected chi connectivity index (χ0v) is 9.87. The van der Waals surface area contributed by atoms with E-state index in [9.17, 15) is 4.79 Å². The summed E-state index contributed by atoms with van der Waals surface area (Å²) in [4.78, 5) is 20.1. The molecule has 15 heavy (non-hydrogen) atoms. The van der Waals surface area contributed by atoms with Crippen molar-refractivity contribution in [1.29, 1.82) is 0 Å². The normalized spacial score (nSPS) is 11.4. The van der Waals surface area contributed by atoms with Gasteiger partial charge in [0, 0.05) is 11.6 Å². The van der Waals surface area contributed by atoms with Crippen LogP contribution in [0.5, 0.6) is 0 Å². The van der Waals surface area contributed by atoms with Gasteiger partial charge in [-0.1, -0.05) is 0 Å². The number of nitrogens with zero attached hydrogens (tertiary/aromatic N) is 2. The Morgan fingerprint density at radius 2 is 2.40 bits per heavy atom. The summed E-state index contributed by atoms with van der Waals surface area (Å²) in [6.45, 7) is 6.09. The number of hydrazine groups is 1. The van der Waals surface area contributed by atoms with Crippen molar-refractivity contribution in [2.75, 3.05) is 0 Å². The highest BCUT2D eigenvalue weighted by Gasteiger charge is 2.15. The molecule has 0 aromatic carbocycles. The molecule has 1 heterocycles. The number of carbonyl (C=O) groups excluding carboxylic acids is 1. The fraction of sp³-hybridized carbons (Fsp3) is 0.556. The van der Waals surface area contributed by atoms with Gasteiger partial charge in [-0.2, -0.15) is 10.6 Å². The molecule has 1 rings (SSSR count). The summed E-state index contributed by atoms with van der Waals surface area (Å²) in [7, 11) is 0. The molecule has 5 nitrogen and oxygen atoms in total. The van der Waals surface area contributed by atoms with Gasteiger partial charge in [-0.15, -0.1) is 11.3 Å². The third-order valence-corrected chi connectivity index (χ3v) is 2.12. The van der Waals surface area contributed by atoms with E-state index in [1.165, 1.54) is 11.3 Å². The zero-order valence-electron chi connectivity index (χ0n) is 9.06. The zero-order chi connectivity index (χ0) is 11.3. The van der Waals surface area contributed by atoms with Gasteiger partial charge in [0.2, 0.25) is 6.41 Å². The average Bonchev–Trinajstić information content (AvgIpc) is 2.62. The van der Waals surface area contributed by atoms with Crippen LogP contribution in [-0.2, 0) is 16.2 Å². The van der Waals surface area contributed by atoms with Crippen molar-refractivity contribution in [2.45, 2.75) is 32.9 Å². The predicted molar refractivity (Wildman–Crippen MR) is 57.7 cm³/mol. The third kappa shape index (κ3) is 4.87. The second kappa shape index (κ2) is 5.20. The summed E-state index contributed by atoms with van der Waals surface area (Å²) in [6.07, 6.45) is 2.32. The van der Waals surface area contributed by atoms with Crippen LogP contribution in [0.1, 0.15) is 25.8 Å². The van der Waals surface area contributed by atoms with Crippen LogP contribution in [-0.4, -0.2) is 22.2 Å². The number of carbonyl (C=O) groups is 1. The summed E-state index contributed by atoms with van der Waals surface area (Å²) in [5.41, 5.74) is 2.41. The Morgan fingerprint density at radius 3 is 2.87 bits per heavy atom. The Bertz CT molecular complexity index is 295. The van der Waals surface area contributed by atoms with Gasteiger partial charge < -0.3 is 0 Å².